The van der Waals surface area contributed by atoms with Crippen molar-refractivity contribution in [1.29, 1.82) is 0 Å². The van der Waals surface area contributed by atoms with Gasteiger partial charge in [-0.25, -0.2) is 4.79 Å². The van der Waals surface area contributed by atoms with Crippen molar-refractivity contribution in [2.24, 2.45) is 5.92 Å². The van der Waals surface area contributed by atoms with Gasteiger partial charge in [-0.15, -0.1) is 0 Å². The van der Waals surface area contributed by atoms with Gasteiger partial charge in [-0.05, 0) is 49.9 Å². The Labute approximate surface area is 189 Å². The number of carbonyl (C=O) groups excluding carboxylic acids is 1. The minimum absolute atomic E-state index is 0.116. The second-order valence-electron chi connectivity index (χ2n) is 8.26. The van der Waals surface area contributed by atoms with E-state index in [0.29, 0.717) is 0 Å². The second-order valence-corrected chi connectivity index (χ2v) is 8.26. The number of unbranched alkanes of at least 4 members (excludes halogenated alkanes) is 7. The molecule has 3 N–H and O–H groups in total. The van der Waals surface area contributed by atoms with Crippen molar-refractivity contribution in [3.63, 3.8) is 0 Å². The first kappa shape index (κ1) is 27.9. The van der Waals surface area contributed by atoms with Crippen LogP contribution in [-0.2, 0) is 16.0 Å². The summed E-state index contributed by atoms with van der Waals surface area (Å²) in [6.45, 7) is 4.11. The molecule has 182 valence electrons. The van der Waals surface area contributed by atoms with Crippen LogP contribution < -0.4 is 10.6 Å². The highest BCUT2D eigenvalue weighted by Gasteiger charge is 2.38. The molecule has 1 aromatic carbocycles. The van der Waals surface area contributed by atoms with Crippen molar-refractivity contribution in [3.8, 4) is 0 Å². The first-order chi connectivity index (χ1) is 15.2. The Morgan fingerprint density at radius 2 is 1.59 bits per heavy atom. The Bertz CT molecular complexity index is 657. The molecule has 1 aromatic rings. The summed E-state index contributed by atoms with van der Waals surface area (Å²) < 4.78 is 31.7. The molecule has 0 aromatic heterocycles. The number of carboxylic acids is 1. The zero-order valence-corrected chi connectivity index (χ0v) is 19.0. The zero-order valence-electron chi connectivity index (χ0n) is 19.0. The number of benzene rings is 1. The van der Waals surface area contributed by atoms with Gasteiger partial charge in [0.2, 0.25) is 5.91 Å². The van der Waals surface area contributed by atoms with Crippen LogP contribution in [0.1, 0.15) is 76.7 Å². The number of aliphatic carboxylic acids is 1. The third-order valence-corrected chi connectivity index (χ3v) is 5.45. The lowest BCUT2D eigenvalue weighted by molar-refractivity contribution is -0.192. The van der Waals surface area contributed by atoms with Gasteiger partial charge in [0, 0.05) is 12.2 Å². The molecule has 1 saturated heterocycles. The topological polar surface area (TPSA) is 78.4 Å². The lowest BCUT2D eigenvalue weighted by Gasteiger charge is -2.21. The first-order valence-electron chi connectivity index (χ1n) is 11.6. The highest BCUT2D eigenvalue weighted by atomic mass is 19.4. The number of hydrogen-bond donors (Lipinski definition) is 3. The van der Waals surface area contributed by atoms with Gasteiger partial charge < -0.3 is 15.7 Å². The molecule has 0 aliphatic carbocycles. The minimum Gasteiger partial charge on any atom is -0.475 e. The number of piperidine rings is 1. The Morgan fingerprint density at radius 1 is 1.03 bits per heavy atom. The fourth-order valence-electron chi connectivity index (χ4n) is 3.54. The number of aryl methyl sites for hydroxylation is 1. The average Bonchev–Trinajstić information content (AvgIpc) is 2.77. The van der Waals surface area contributed by atoms with E-state index >= 15 is 0 Å². The molecular formula is C24H37F3N2O3. The predicted molar refractivity (Wildman–Crippen MR) is 121 cm³/mol. The molecule has 1 aliphatic heterocycles. The van der Waals surface area contributed by atoms with Crippen LogP contribution in [0.4, 0.5) is 18.9 Å². The number of rotatable bonds is 11. The Kier molecular flexibility index (Phi) is 13.7. The molecule has 1 aliphatic rings. The van der Waals surface area contributed by atoms with E-state index in [0.717, 1.165) is 38.0 Å². The predicted octanol–water partition coefficient (Wildman–Crippen LogP) is 5.94. The fourth-order valence-corrected chi connectivity index (χ4v) is 3.54. The van der Waals surface area contributed by atoms with E-state index in [1.54, 1.807) is 0 Å². The number of halogens is 3. The molecule has 1 heterocycles. The van der Waals surface area contributed by atoms with E-state index in [1.165, 1.54) is 56.9 Å². The smallest absolute Gasteiger partial charge is 0.475 e. The standard InChI is InChI=1S/C22H36N2O.C2HF3O2/c1-2-3-4-5-6-7-8-9-11-19-13-15-21(16-14-19)24-22(25)20-12-10-17-23-18-20;3-2(4,5)1(6)7/h13-16,20,23H,2-12,17-18H2,1H3,(H,24,25);(H,6,7)/t20-;/m1./s1. The number of hydrogen-bond acceptors (Lipinski definition) is 3. The summed E-state index contributed by atoms with van der Waals surface area (Å²) >= 11 is 0. The van der Waals surface area contributed by atoms with Crippen LogP contribution in [0.15, 0.2) is 24.3 Å². The van der Waals surface area contributed by atoms with E-state index in [9.17, 15) is 18.0 Å². The summed E-state index contributed by atoms with van der Waals surface area (Å²) in [5.41, 5.74) is 2.30. The third-order valence-electron chi connectivity index (χ3n) is 5.45. The van der Waals surface area contributed by atoms with E-state index in [1.807, 2.05) is 12.1 Å². The van der Waals surface area contributed by atoms with Gasteiger partial charge in [-0.3, -0.25) is 4.79 Å². The second kappa shape index (κ2) is 15.7. The SMILES string of the molecule is CCCCCCCCCCc1ccc(NC(=O)[C@@H]2CCCNC2)cc1.O=C(O)C(F)(F)F. The summed E-state index contributed by atoms with van der Waals surface area (Å²) in [4.78, 5) is 21.1. The van der Waals surface area contributed by atoms with Crippen molar-refractivity contribution in [2.45, 2.75) is 83.7 Å². The number of amides is 1. The summed E-state index contributed by atoms with van der Waals surface area (Å²) in [5.74, 6) is -2.48. The molecule has 1 atom stereocenters. The third kappa shape index (κ3) is 12.7. The minimum atomic E-state index is -5.08. The molecule has 0 radical (unpaired) electrons. The molecule has 8 heteroatoms. The van der Waals surface area contributed by atoms with Crippen molar-refractivity contribution in [1.82, 2.24) is 5.32 Å². The summed E-state index contributed by atoms with van der Waals surface area (Å²) in [6.07, 6.45) is 9.04. The average molecular weight is 459 g/mol. The molecule has 2 rings (SSSR count). The van der Waals surface area contributed by atoms with E-state index in [-0.39, 0.29) is 11.8 Å². The van der Waals surface area contributed by atoms with Gasteiger partial charge in [0.15, 0.2) is 0 Å². The molecule has 32 heavy (non-hydrogen) atoms. The van der Waals surface area contributed by atoms with Crippen LogP contribution in [0.5, 0.6) is 0 Å². The van der Waals surface area contributed by atoms with Crippen LogP contribution in [0, 0.1) is 5.92 Å². The van der Waals surface area contributed by atoms with Crippen LogP contribution in [0.3, 0.4) is 0 Å². The quantitative estimate of drug-likeness (QED) is 0.359. The van der Waals surface area contributed by atoms with Crippen molar-refractivity contribution < 1.29 is 27.9 Å². The largest absolute Gasteiger partial charge is 0.490 e. The summed E-state index contributed by atoms with van der Waals surface area (Å²) in [6, 6.07) is 8.43. The van der Waals surface area contributed by atoms with E-state index < -0.39 is 12.1 Å². The van der Waals surface area contributed by atoms with Crippen LogP contribution >= 0.6 is 0 Å². The maximum absolute atomic E-state index is 12.2. The number of nitrogens with one attached hydrogen (secondary N) is 2. The molecule has 0 unspecified atom stereocenters. The van der Waals surface area contributed by atoms with Gasteiger partial charge in [0.25, 0.3) is 0 Å². The normalized spacial score (nSPS) is 16.1. The lowest BCUT2D eigenvalue weighted by Crippen LogP contribution is -2.37. The highest BCUT2D eigenvalue weighted by Crippen LogP contribution is 2.17. The molecule has 0 saturated carbocycles. The molecule has 0 spiro atoms. The molecular weight excluding hydrogens is 421 g/mol. The van der Waals surface area contributed by atoms with Crippen molar-refractivity contribution in [2.75, 3.05) is 18.4 Å². The summed E-state index contributed by atoms with van der Waals surface area (Å²) in [5, 5.41) is 13.5. The van der Waals surface area contributed by atoms with Crippen molar-refractivity contribution in [3.05, 3.63) is 29.8 Å². The fraction of sp³-hybridized carbons (Fsp3) is 0.667. The van der Waals surface area contributed by atoms with Gasteiger partial charge in [-0.1, -0.05) is 64.0 Å². The maximum Gasteiger partial charge on any atom is 0.490 e. The molecule has 1 fully saturated rings. The van der Waals surface area contributed by atoms with Crippen LogP contribution in [-0.4, -0.2) is 36.2 Å². The molecule has 0 bridgehead atoms. The molecule has 1 amide bonds. The first-order valence-corrected chi connectivity index (χ1v) is 11.6. The van der Waals surface area contributed by atoms with E-state index in [4.69, 9.17) is 9.90 Å². The highest BCUT2D eigenvalue weighted by molar-refractivity contribution is 5.92. The molecule has 5 nitrogen and oxygen atoms in total. The van der Waals surface area contributed by atoms with Gasteiger partial charge >= 0.3 is 12.1 Å². The number of anilines is 1. The zero-order chi connectivity index (χ0) is 23.8. The summed E-state index contributed by atoms with van der Waals surface area (Å²) in [7, 11) is 0. The lowest BCUT2D eigenvalue weighted by atomic mass is 9.98. The number of carboxylic acid groups (broad SMARTS) is 1. The number of alkyl halides is 3. The maximum atomic E-state index is 12.2. The van der Waals surface area contributed by atoms with Crippen LogP contribution in [0.2, 0.25) is 0 Å². The Hall–Kier alpha value is -2.09. The Balaban J connectivity index is 0.000000633. The van der Waals surface area contributed by atoms with Gasteiger partial charge in [0.1, 0.15) is 0 Å². The van der Waals surface area contributed by atoms with E-state index in [2.05, 4.69) is 29.7 Å². The number of carbonyl (C=O) groups is 2. The Morgan fingerprint density at radius 3 is 2.09 bits per heavy atom. The monoisotopic (exact) mass is 458 g/mol. The van der Waals surface area contributed by atoms with Crippen molar-refractivity contribution >= 4 is 17.6 Å². The van der Waals surface area contributed by atoms with Gasteiger partial charge in [0.05, 0.1) is 5.92 Å². The van der Waals surface area contributed by atoms with Crippen LogP contribution in [0.25, 0.3) is 0 Å². The van der Waals surface area contributed by atoms with Gasteiger partial charge in [-0.2, -0.15) is 13.2 Å².